The number of rotatable bonds is 11. The van der Waals surface area contributed by atoms with Crippen LogP contribution in [0.4, 0.5) is 0 Å². The van der Waals surface area contributed by atoms with Crippen molar-refractivity contribution in [3.8, 4) is 28.1 Å². The summed E-state index contributed by atoms with van der Waals surface area (Å²) in [5.41, 5.74) is 4.40. The van der Waals surface area contributed by atoms with Gasteiger partial charge in [0.25, 0.3) is 0 Å². The second-order valence-corrected chi connectivity index (χ2v) is 7.17. The molecular weight excluding hydrogens is 360 g/mol. The van der Waals surface area contributed by atoms with Gasteiger partial charge in [0.15, 0.2) is 0 Å². The SMILES string of the molecule is CCN(CC)CCCNCCn1ncc(-c2ccccc2)c1-c1ccc(O)cc1. The molecule has 0 atom stereocenters. The van der Waals surface area contributed by atoms with Crippen LogP contribution in [0.2, 0.25) is 0 Å². The van der Waals surface area contributed by atoms with Crippen molar-refractivity contribution in [2.24, 2.45) is 0 Å². The third kappa shape index (κ3) is 5.68. The van der Waals surface area contributed by atoms with Crippen molar-refractivity contribution >= 4 is 0 Å². The zero-order valence-electron chi connectivity index (χ0n) is 17.5. The van der Waals surface area contributed by atoms with Gasteiger partial charge in [-0.25, -0.2) is 0 Å². The maximum absolute atomic E-state index is 9.67. The van der Waals surface area contributed by atoms with Crippen LogP contribution in [0, 0.1) is 0 Å². The lowest BCUT2D eigenvalue weighted by Crippen LogP contribution is -2.28. The van der Waals surface area contributed by atoms with Crippen LogP contribution in [0.3, 0.4) is 0 Å². The van der Waals surface area contributed by atoms with E-state index in [1.54, 1.807) is 12.1 Å². The second-order valence-electron chi connectivity index (χ2n) is 7.17. The van der Waals surface area contributed by atoms with Crippen LogP contribution in [-0.4, -0.2) is 52.5 Å². The van der Waals surface area contributed by atoms with Gasteiger partial charge in [0, 0.05) is 17.7 Å². The molecule has 0 unspecified atom stereocenters. The van der Waals surface area contributed by atoms with E-state index in [0.29, 0.717) is 0 Å². The van der Waals surface area contributed by atoms with E-state index in [-0.39, 0.29) is 5.75 Å². The number of hydrogen-bond donors (Lipinski definition) is 2. The Morgan fingerprint density at radius 1 is 0.931 bits per heavy atom. The molecule has 0 aliphatic carbocycles. The number of aromatic hydroxyl groups is 1. The van der Waals surface area contributed by atoms with E-state index >= 15 is 0 Å². The average molecular weight is 393 g/mol. The highest BCUT2D eigenvalue weighted by Gasteiger charge is 2.14. The van der Waals surface area contributed by atoms with Crippen LogP contribution in [-0.2, 0) is 6.54 Å². The molecule has 0 bridgehead atoms. The molecule has 0 amide bonds. The number of nitrogens with zero attached hydrogens (tertiary/aromatic N) is 3. The van der Waals surface area contributed by atoms with Gasteiger partial charge in [-0.1, -0.05) is 44.2 Å². The fraction of sp³-hybridized carbons (Fsp3) is 0.375. The zero-order valence-corrected chi connectivity index (χ0v) is 17.5. The molecule has 0 saturated carbocycles. The molecule has 0 fully saturated rings. The summed E-state index contributed by atoms with van der Waals surface area (Å²) in [4.78, 5) is 2.45. The Balaban J connectivity index is 1.69. The number of aromatic nitrogens is 2. The lowest BCUT2D eigenvalue weighted by Gasteiger charge is -2.17. The number of phenolic OH excluding ortho intramolecular Hbond substituents is 1. The van der Waals surface area contributed by atoms with Crippen LogP contribution in [0.15, 0.2) is 60.8 Å². The third-order valence-electron chi connectivity index (χ3n) is 5.29. The summed E-state index contributed by atoms with van der Waals surface area (Å²) in [6, 6.07) is 17.7. The van der Waals surface area contributed by atoms with Crippen LogP contribution in [0.5, 0.6) is 5.75 Å². The molecular formula is C24H32N4O. The van der Waals surface area contributed by atoms with E-state index in [0.717, 1.165) is 68.1 Å². The fourth-order valence-corrected chi connectivity index (χ4v) is 3.59. The van der Waals surface area contributed by atoms with Crippen molar-refractivity contribution in [2.75, 3.05) is 32.7 Å². The van der Waals surface area contributed by atoms with Crippen molar-refractivity contribution in [3.63, 3.8) is 0 Å². The summed E-state index contributed by atoms with van der Waals surface area (Å²) in [7, 11) is 0. The standard InChI is InChI=1S/C24H32N4O/c1-3-27(4-2)17-8-15-25-16-18-28-24(21-11-13-22(29)14-12-21)23(19-26-28)20-9-6-5-7-10-20/h5-7,9-14,19,25,29H,3-4,8,15-18H2,1-2H3. The van der Waals surface area contributed by atoms with Crippen molar-refractivity contribution in [2.45, 2.75) is 26.8 Å². The van der Waals surface area contributed by atoms with Gasteiger partial charge >= 0.3 is 0 Å². The van der Waals surface area contributed by atoms with Gasteiger partial charge in [0.2, 0.25) is 0 Å². The Bertz CT molecular complexity index is 854. The molecule has 0 aliphatic rings. The predicted octanol–water partition coefficient (Wildman–Crippen LogP) is 4.24. The monoisotopic (exact) mass is 392 g/mol. The summed E-state index contributed by atoms with van der Waals surface area (Å²) >= 11 is 0. The topological polar surface area (TPSA) is 53.3 Å². The van der Waals surface area contributed by atoms with Crippen LogP contribution in [0.1, 0.15) is 20.3 Å². The summed E-state index contributed by atoms with van der Waals surface area (Å²) in [6.07, 6.45) is 3.10. The van der Waals surface area contributed by atoms with E-state index in [2.05, 4.69) is 46.0 Å². The molecule has 0 spiro atoms. The molecule has 3 aromatic rings. The summed E-state index contributed by atoms with van der Waals surface area (Å²) in [5, 5.41) is 17.9. The minimum atomic E-state index is 0.274. The van der Waals surface area contributed by atoms with E-state index in [1.807, 2.05) is 36.5 Å². The second kappa shape index (κ2) is 10.8. The summed E-state index contributed by atoms with van der Waals surface area (Å²) in [6.45, 7) is 10.5. The van der Waals surface area contributed by atoms with Gasteiger partial charge in [-0.3, -0.25) is 4.68 Å². The lowest BCUT2D eigenvalue weighted by atomic mass is 10.0. The van der Waals surface area contributed by atoms with Crippen molar-refractivity contribution in [1.29, 1.82) is 0 Å². The van der Waals surface area contributed by atoms with Gasteiger partial charge < -0.3 is 15.3 Å². The predicted molar refractivity (Wildman–Crippen MR) is 120 cm³/mol. The lowest BCUT2D eigenvalue weighted by molar-refractivity contribution is 0.297. The number of nitrogens with one attached hydrogen (secondary N) is 1. The van der Waals surface area contributed by atoms with Crippen LogP contribution in [0.25, 0.3) is 22.4 Å². The summed E-state index contributed by atoms with van der Waals surface area (Å²) < 4.78 is 2.06. The Morgan fingerprint density at radius 3 is 2.34 bits per heavy atom. The summed E-state index contributed by atoms with van der Waals surface area (Å²) in [5.74, 6) is 0.274. The molecule has 29 heavy (non-hydrogen) atoms. The first-order valence-corrected chi connectivity index (χ1v) is 10.6. The highest BCUT2D eigenvalue weighted by molar-refractivity contribution is 5.80. The normalized spacial score (nSPS) is 11.3. The molecule has 2 N–H and O–H groups in total. The molecule has 5 nitrogen and oxygen atoms in total. The van der Waals surface area contributed by atoms with Gasteiger partial charge in [0.05, 0.1) is 18.4 Å². The van der Waals surface area contributed by atoms with Crippen LogP contribution >= 0.6 is 0 Å². The Labute approximate surface area is 174 Å². The Hall–Kier alpha value is -2.63. The van der Waals surface area contributed by atoms with Crippen LogP contribution < -0.4 is 5.32 Å². The molecule has 3 rings (SSSR count). The van der Waals surface area contributed by atoms with E-state index < -0.39 is 0 Å². The molecule has 5 heteroatoms. The van der Waals surface area contributed by atoms with Crippen molar-refractivity contribution in [1.82, 2.24) is 20.0 Å². The fourth-order valence-electron chi connectivity index (χ4n) is 3.59. The van der Waals surface area contributed by atoms with E-state index in [4.69, 9.17) is 0 Å². The smallest absolute Gasteiger partial charge is 0.115 e. The highest BCUT2D eigenvalue weighted by Crippen LogP contribution is 2.32. The highest BCUT2D eigenvalue weighted by atomic mass is 16.3. The number of phenols is 1. The molecule has 0 radical (unpaired) electrons. The number of benzene rings is 2. The first-order valence-electron chi connectivity index (χ1n) is 10.6. The third-order valence-corrected chi connectivity index (χ3v) is 5.29. The van der Waals surface area contributed by atoms with Crippen molar-refractivity contribution < 1.29 is 5.11 Å². The van der Waals surface area contributed by atoms with E-state index in [9.17, 15) is 5.11 Å². The van der Waals surface area contributed by atoms with Crippen molar-refractivity contribution in [3.05, 3.63) is 60.8 Å². The average Bonchev–Trinajstić information content (AvgIpc) is 3.18. The Morgan fingerprint density at radius 2 is 1.66 bits per heavy atom. The minimum absolute atomic E-state index is 0.274. The molecule has 154 valence electrons. The molecule has 0 saturated heterocycles. The zero-order chi connectivity index (χ0) is 20.5. The molecule has 0 aliphatic heterocycles. The first kappa shape index (κ1) is 21.1. The first-order chi connectivity index (χ1) is 14.2. The number of hydrogen-bond acceptors (Lipinski definition) is 4. The maximum Gasteiger partial charge on any atom is 0.115 e. The van der Waals surface area contributed by atoms with Gasteiger partial charge in [-0.15, -0.1) is 0 Å². The van der Waals surface area contributed by atoms with E-state index in [1.165, 1.54) is 0 Å². The van der Waals surface area contributed by atoms with Gasteiger partial charge in [0.1, 0.15) is 5.75 Å². The largest absolute Gasteiger partial charge is 0.508 e. The quantitative estimate of drug-likeness (QED) is 0.479. The Kier molecular flexibility index (Phi) is 7.85. The molecule has 1 heterocycles. The molecule has 1 aromatic heterocycles. The van der Waals surface area contributed by atoms with Gasteiger partial charge in [-0.05, 0) is 62.4 Å². The minimum Gasteiger partial charge on any atom is -0.508 e. The van der Waals surface area contributed by atoms with Gasteiger partial charge in [-0.2, -0.15) is 5.10 Å². The molecule has 2 aromatic carbocycles. The maximum atomic E-state index is 9.67.